The minimum Gasteiger partial charge on any atom is -0.309 e. The lowest BCUT2D eigenvalue weighted by molar-refractivity contribution is 1.16. The Balaban J connectivity index is 1.32. The van der Waals surface area contributed by atoms with E-state index < -0.39 is 0 Å². The smallest absolute Gasteiger partial charge is 0.0548 e. The van der Waals surface area contributed by atoms with Crippen molar-refractivity contribution in [2.24, 2.45) is 0 Å². The van der Waals surface area contributed by atoms with Crippen LogP contribution in [0.3, 0.4) is 0 Å². The lowest BCUT2D eigenvalue weighted by atomic mass is 10.1. The van der Waals surface area contributed by atoms with Crippen LogP contribution in [0.1, 0.15) is 0 Å². The van der Waals surface area contributed by atoms with Crippen LogP contribution in [-0.4, -0.2) is 13.7 Å². The summed E-state index contributed by atoms with van der Waals surface area (Å²) in [5, 5.41) is 7.63. The van der Waals surface area contributed by atoms with Crippen molar-refractivity contribution in [2.45, 2.75) is 0 Å². The summed E-state index contributed by atoms with van der Waals surface area (Å²) < 4.78 is 7.23. The van der Waals surface area contributed by atoms with Gasteiger partial charge in [-0.3, -0.25) is 0 Å². The van der Waals surface area contributed by atoms with Crippen LogP contribution in [0.15, 0.2) is 164 Å². The van der Waals surface area contributed by atoms with Crippen molar-refractivity contribution in [2.75, 3.05) is 0 Å². The Labute approximate surface area is 259 Å². The third kappa shape index (κ3) is 3.35. The highest BCUT2D eigenvalue weighted by Crippen LogP contribution is 2.43. The summed E-state index contributed by atoms with van der Waals surface area (Å²) in [6.07, 6.45) is 0. The van der Waals surface area contributed by atoms with Crippen molar-refractivity contribution < 1.29 is 0 Å². The van der Waals surface area contributed by atoms with Crippen molar-refractivity contribution >= 4 is 65.4 Å². The van der Waals surface area contributed by atoms with E-state index in [2.05, 4.69) is 177 Å². The molecule has 0 saturated heterocycles. The molecule has 0 saturated carbocycles. The molecule has 3 aromatic heterocycles. The molecule has 0 radical (unpaired) electrons. The molecular weight excluding hydrogens is 546 g/mol. The second kappa shape index (κ2) is 9.22. The molecule has 0 aliphatic heterocycles. The number of benzene rings is 7. The molecule has 0 unspecified atom stereocenters. The van der Waals surface area contributed by atoms with Gasteiger partial charge in [0.2, 0.25) is 0 Å². The average Bonchev–Trinajstić information content (AvgIpc) is 3.74. The van der Waals surface area contributed by atoms with Crippen molar-refractivity contribution in [1.82, 2.24) is 13.7 Å². The lowest BCUT2D eigenvalue weighted by Gasteiger charge is -2.11. The Morgan fingerprint density at radius 3 is 1.18 bits per heavy atom. The molecule has 0 amide bonds. The molecule has 210 valence electrons. The van der Waals surface area contributed by atoms with E-state index >= 15 is 0 Å². The highest BCUT2D eigenvalue weighted by molar-refractivity contribution is 6.29. The van der Waals surface area contributed by atoms with Crippen LogP contribution in [0.25, 0.3) is 82.5 Å². The SMILES string of the molecule is c1ccc(-n2c3ccccc3c3cc(-n4c5ccccc5c5c6c7ccccc7n(-c7ccccc7)c6ccc54)ccc32)cc1. The van der Waals surface area contributed by atoms with Gasteiger partial charge < -0.3 is 13.7 Å². The van der Waals surface area contributed by atoms with E-state index in [0.717, 1.165) is 5.69 Å². The maximum atomic E-state index is 2.45. The van der Waals surface area contributed by atoms with E-state index in [1.165, 1.54) is 76.8 Å². The fraction of sp³-hybridized carbons (Fsp3) is 0. The zero-order chi connectivity index (χ0) is 29.5. The highest BCUT2D eigenvalue weighted by atomic mass is 15.0. The fourth-order valence-corrected chi connectivity index (χ4v) is 7.61. The summed E-state index contributed by atoms with van der Waals surface area (Å²) in [6, 6.07) is 59.3. The second-order valence-electron chi connectivity index (χ2n) is 11.8. The van der Waals surface area contributed by atoms with Crippen LogP contribution in [0.4, 0.5) is 0 Å². The van der Waals surface area contributed by atoms with E-state index in [1.54, 1.807) is 0 Å². The van der Waals surface area contributed by atoms with E-state index in [9.17, 15) is 0 Å². The summed E-state index contributed by atoms with van der Waals surface area (Å²) >= 11 is 0. The molecule has 0 fully saturated rings. The van der Waals surface area contributed by atoms with Crippen LogP contribution in [0, 0.1) is 0 Å². The molecule has 0 aliphatic carbocycles. The summed E-state index contributed by atoms with van der Waals surface area (Å²) in [4.78, 5) is 0. The summed E-state index contributed by atoms with van der Waals surface area (Å²) in [5.41, 5.74) is 10.8. The van der Waals surface area contributed by atoms with Gasteiger partial charge in [-0.2, -0.15) is 0 Å². The van der Waals surface area contributed by atoms with Gasteiger partial charge in [0.25, 0.3) is 0 Å². The Kier molecular flexibility index (Phi) is 5.00. The molecule has 3 nitrogen and oxygen atoms in total. The first kappa shape index (κ1) is 24.4. The van der Waals surface area contributed by atoms with Gasteiger partial charge in [-0.25, -0.2) is 0 Å². The first-order valence-electron chi connectivity index (χ1n) is 15.5. The third-order valence-corrected chi connectivity index (χ3v) is 9.41. The lowest BCUT2D eigenvalue weighted by Crippen LogP contribution is -1.96. The number of hydrogen-bond donors (Lipinski definition) is 0. The van der Waals surface area contributed by atoms with Crippen LogP contribution in [-0.2, 0) is 0 Å². The molecule has 0 aliphatic rings. The number of nitrogens with zero attached hydrogens (tertiary/aromatic N) is 3. The molecule has 0 N–H and O–H groups in total. The van der Waals surface area contributed by atoms with E-state index in [1.807, 2.05) is 0 Å². The van der Waals surface area contributed by atoms with Gasteiger partial charge in [-0.05, 0) is 72.8 Å². The number of aromatic nitrogens is 3. The van der Waals surface area contributed by atoms with Crippen LogP contribution in [0.5, 0.6) is 0 Å². The maximum Gasteiger partial charge on any atom is 0.0548 e. The van der Waals surface area contributed by atoms with E-state index in [0.29, 0.717) is 0 Å². The van der Waals surface area contributed by atoms with Gasteiger partial charge in [0.15, 0.2) is 0 Å². The normalized spacial score (nSPS) is 12.0. The van der Waals surface area contributed by atoms with Gasteiger partial charge >= 0.3 is 0 Å². The standard InChI is InChI=1S/C42H27N3/c1-3-13-28(14-4-1)43-35-20-10-7-17-31(35)34-27-30(23-24-38(34)43)45-37-22-12-9-19-33(37)42-40(45)26-25-39-41(42)32-18-8-11-21-36(32)44(39)29-15-5-2-6-16-29/h1-27H. The van der Waals surface area contributed by atoms with Crippen molar-refractivity contribution in [3.63, 3.8) is 0 Å². The molecule has 7 aromatic carbocycles. The van der Waals surface area contributed by atoms with E-state index in [-0.39, 0.29) is 0 Å². The zero-order valence-electron chi connectivity index (χ0n) is 24.4. The fourth-order valence-electron chi connectivity index (χ4n) is 7.61. The number of rotatable bonds is 3. The Morgan fingerprint density at radius 1 is 0.244 bits per heavy atom. The minimum absolute atomic E-state index is 1.16. The van der Waals surface area contributed by atoms with Crippen molar-refractivity contribution in [1.29, 1.82) is 0 Å². The number of hydrogen-bond acceptors (Lipinski definition) is 0. The van der Waals surface area contributed by atoms with Gasteiger partial charge in [0.1, 0.15) is 0 Å². The van der Waals surface area contributed by atoms with Crippen LogP contribution in [0.2, 0.25) is 0 Å². The Morgan fingerprint density at radius 2 is 0.622 bits per heavy atom. The molecule has 0 bridgehead atoms. The molecule has 3 heteroatoms. The molecule has 45 heavy (non-hydrogen) atoms. The van der Waals surface area contributed by atoms with Crippen molar-refractivity contribution in [3.05, 3.63) is 164 Å². The molecular formula is C42H27N3. The molecule has 0 atom stereocenters. The first-order valence-corrected chi connectivity index (χ1v) is 15.5. The van der Waals surface area contributed by atoms with Gasteiger partial charge in [0.05, 0.1) is 33.1 Å². The molecule has 3 heterocycles. The number of fused-ring (bicyclic) bond motifs is 10. The predicted molar refractivity (Wildman–Crippen MR) is 189 cm³/mol. The first-order chi connectivity index (χ1) is 22.4. The monoisotopic (exact) mass is 573 g/mol. The number of para-hydroxylation sites is 5. The van der Waals surface area contributed by atoms with Crippen LogP contribution < -0.4 is 0 Å². The largest absolute Gasteiger partial charge is 0.309 e. The predicted octanol–water partition coefficient (Wildman–Crippen LogP) is 11.0. The summed E-state index contributed by atoms with van der Waals surface area (Å²) in [6.45, 7) is 0. The Hall–Kier alpha value is -6.06. The minimum atomic E-state index is 1.16. The van der Waals surface area contributed by atoms with E-state index in [4.69, 9.17) is 0 Å². The molecule has 10 aromatic rings. The zero-order valence-corrected chi connectivity index (χ0v) is 24.4. The van der Waals surface area contributed by atoms with Crippen molar-refractivity contribution in [3.8, 4) is 17.1 Å². The second-order valence-corrected chi connectivity index (χ2v) is 11.8. The average molecular weight is 574 g/mol. The quantitative estimate of drug-likeness (QED) is 0.200. The van der Waals surface area contributed by atoms with Crippen LogP contribution >= 0.6 is 0 Å². The summed E-state index contributed by atoms with van der Waals surface area (Å²) in [7, 11) is 0. The highest BCUT2D eigenvalue weighted by Gasteiger charge is 2.21. The molecule has 0 spiro atoms. The topological polar surface area (TPSA) is 14.8 Å². The molecule has 10 rings (SSSR count). The Bertz CT molecular complexity index is 2740. The van der Waals surface area contributed by atoms with Gasteiger partial charge in [-0.1, -0.05) is 91.0 Å². The van der Waals surface area contributed by atoms with Gasteiger partial charge in [0, 0.05) is 49.4 Å². The van der Waals surface area contributed by atoms with Gasteiger partial charge in [-0.15, -0.1) is 0 Å². The maximum absolute atomic E-state index is 2.45. The summed E-state index contributed by atoms with van der Waals surface area (Å²) in [5.74, 6) is 0. The third-order valence-electron chi connectivity index (χ3n) is 9.41.